The maximum Gasteiger partial charge on any atom is 0.0722 e. The molecular weight excluding hydrogens is 410 g/mol. The zero-order valence-corrected chi connectivity index (χ0v) is 18.6. The Balaban J connectivity index is 1.55. The Bertz CT molecular complexity index is 1670. The Hall–Kier alpha value is -4.49. The first-order valence-corrected chi connectivity index (χ1v) is 11.7. The van der Waals surface area contributed by atoms with E-state index in [0.717, 1.165) is 16.8 Å². The second-order valence-corrected chi connectivity index (χ2v) is 8.80. The van der Waals surface area contributed by atoms with E-state index in [1.165, 1.54) is 49.9 Å². The number of fused-ring (bicyclic) bond motifs is 3. The van der Waals surface area contributed by atoms with E-state index in [2.05, 4.69) is 121 Å². The van der Waals surface area contributed by atoms with Gasteiger partial charge in [0.25, 0.3) is 0 Å². The first kappa shape index (κ1) is 19.0. The van der Waals surface area contributed by atoms with Gasteiger partial charge in [-0.05, 0) is 68.8 Å². The molecule has 1 aliphatic rings. The third-order valence-electron chi connectivity index (χ3n) is 6.81. The largest absolute Gasteiger partial charge is 0.248 e. The molecule has 0 bridgehead atoms. The van der Waals surface area contributed by atoms with Crippen LogP contribution in [0.5, 0.6) is 0 Å². The highest BCUT2D eigenvalue weighted by Gasteiger charge is 2.25. The average Bonchev–Trinajstić information content (AvgIpc) is 3.23. The van der Waals surface area contributed by atoms with Gasteiger partial charge in [0, 0.05) is 10.9 Å². The monoisotopic (exact) mass is 431 g/mol. The predicted octanol–water partition coefficient (Wildman–Crippen LogP) is 8.88. The van der Waals surface area contributed by atoms with Crippen molar-refractivity contribution < 1.29 is 0 Å². The van der Waals surface area contributed by atoms with Crippen LogP contribution in [-0.4, -0.2) is 4.98 Å². The molecule has 0 aliphatic heterocycles. The fourth-order valence-corrected chi connectivity index (χ4v) is 5.24. The van der Waals surface area contributed by atoms with E-state index < -0.39 is 0 Å². The molecule has 5 aromatic carbocycles. The number of hydrogen-bond acceptors (Lipinski definition) is 1. The van der Waals surface area contributed by atoms with E-state index in [9.17, 15) is 0 Å². The Morgan fingerprint density at radius 2 is 0.882 bits per heavy atom. The highest BCUT2D eigenvalue weighted by molar-refractivity contribution is 6.16. The molecule has 0 saturated carbocycles. The van der Waals surface area contributed by atoms with Crippen LogP contribution in [0, 0.1) is 0 Å². The summed E-state index contributed by atoms with van der Waals surface area (Å²) in [6.45, 7) is 0. The molecular formula is C33H21N. The zero-order chi connectivity index (χ0) is 22.5. The molecule has 158 valence electrons. The molecule has 1 heteroatoms. The van der Waals surface area contributed by atoms with Crippen LogP contribution < -0.4 is 0 Å². The second kappa shape index (κ2) is 7.54. The fraction of sp³-hybridized carbons (Fsp3) is 0. The van der Waals surface area contributed by atoms with Gasteiger partial charge in [0.2, 0.25) is 0 Å². The number of hydrogen-bond donors (Lipinski definition) is 0. The predicted molar refractivity (Wildman–Crippen MR) is 142 cm³/mol. The number of pyridine rings is 1. The molecule has 1 nitrogen and oxygen atoms in total. The summed E-state index contributed by atoms with van der Waals surface area (Å²) in [4.78, 5) is 5.05. The molecule has 1 aromatic heterocycles. The van der Waals surface area contributed by atoms with E-state index in [4.69, 9.17) is 4.98 Å². The molecule has 0 spiro atoms. The van der Waals surface area contributed by atoms with Gasteiger partial charge in [0.05, 0.1) is 11.2 Å². The van der Waals surface area contributed by atoms with Crippen molar-refractivity contribution in [1.29, 1.82) is 0 Å². The van der Waals surface area contributed by atoms with Crippen molar-refractivity contribution in [3.8, 4) is 55.8 Å². The fourth-order valence-electron chi connectivity index (χ4n) is 5.24. The van der Waals surface area contributed by atoms with Crippen LogP contribution in [-0.2, 0) is 0 Å². The summed E-state index contributed by atoms with van der Waals surface area (Å²) in [7, 11) is 0. The molecule has 6 aromatic rings. The van der Waals surface area contributed by atoms with Crippen LogP contribution in [0.15, 0.2) is 127 Å². The topological polar surface area (TPSA) is 12.9 Å². The molecule has 0 amide bonds. The summed E-state index contributed by atoms with van der Waals surface area (Å²) in [6, 6.07) is 45.4. The lowest BCUT2D eigenvalue weighted by atomic mass is 9.89. The standard InChI is InChI=1S/C33H21N/c1-4-11-22(12-5-1)26-19-28-25-17-10-18-31-33(25)30(21-32(34-31)24-15-8-3-9-16-24)29(28)20-27(26)23-13-6-2-7-14-23/h1-21H. The van der Waals surface area contributed by atoms with Gasteiger partial charge in [-0.2, -0.15) is 0 Å². The third kappa shape index (κ3) is 2.91. The average molecular weight is 432 g/mol. The summed E-state index contributed by atoms with van der Waals surface area (Å²) in [5, 5.41) is 1.25. The van der Waals surface area contributed by atoms with E-state index in [0.29, 0.717) is 0 Å². The van der Waals surface area contributed by atoms with Crippen molar-refractivity contribution in [2.75, 3.05) is 0 Å². The van der Waals surface area contributed by atoms with Crippen molar-refractivity contribution in [1.82, 2.24) is 4.98 Å². The minimum atomic E-state index is 1.02. The van der Waals surface area contributed by atoms with E-state index in [1.54, 1.807) is 0 Å². The van der Waals surface area contributed by atoms with Crippen molar-refractivity contribution in [3.05, 3.63) is 127 Å². The summed E-state index contributed by atoms with van der Waals surface area (Å²) in [5.41, 5.74) is 13.3. The van der Waals surface area contributed by atoms with Gasteiger partial charge in [-0.3, -0.25) is 0 Å². The van der Waals surface area contributed by atoms with Gasteiger partial charge in [-0.15, -0.1) is 0 Å². The smallest absolute Gasteiger partial charge is 0.0722 e. The molecule has 1 aliphatic carbocycles. The third-order valence-corrected chi connectivity index (χ3v) is 6.81. The lowest BCUT2D eigenvalue weighted by molar-refractivity contribution is 1.40. The highest BCUT2D eigenvalue weighted by atomic mass is 14.7. The Morgan fingerprint density at radius 1 is 0.353 bits per heavy atom. The minimum absolute atomic E-state index is 1.02. The molecule has 0 unspecified atom stereocenters. The SMILES string of the molecule is c1ccc(-c2cc3c4c(cccc4n2)-c2cc(-c4ccccc4)c(-c4ccccc4)cc2-3)cc1. The minimum Gasteiger partial charge on any atom is -0.248 e. The summed E-state index contributed by atoms with van der Waals surface area (Å²) in [5.74, 6) is 0. The van der Waals surface area contributed by atoms with Gasteiger partial charge in [0.15, 0.2) is 0 Å². The Labute approximate surface area is 199 Å². The molecule has 0 atom stereocenters. The highest BCUT2D eigenvalue weighted by Crippen LogP contribution is 2.51. The molecule has 0 fully saturated rings. The van der Waals surface area contributed by atoms with Crippen LogP contribution in [0.4, 0.5) is 0 Å². The normalized spacial score (nSPS) is 11.5. The van der Waals surface area contributed by atoms with Crippen LogP contribution in [0.2, 0.25) is 0 Å². The quantitative estimate of drug-likeness (QED) is 0.272. The number of aromatic nitrogens is 1. The summed E-state index contributed by atoms with van der Waals surface area (Å²) < 4.78 is 0. The van der Waals surface area contributed by atoms with E-state index in [1.807, 2.05) is 6.07 Å². The van der Waals surface area contributed by atoms with Crippen LogP contribution >= 0.6 is 0 Å². The van der Waals surface area contributed by atoms with Gasteiger partial charge in [-0.1, -0.05) is 103 Å². The summed E-state index contributed by atoms with van der Waals surface area (Å²) in [6.07, 6.45) is 0. The van der Waals surface area contributed by atoms with E-state index >= 15 is 0 Å². The number of benzene rings is 5. The molecule has 34 heavy (non-hydrogen) atoms. The van der Waals surface area contributed by atoms with Gasteiger partial charge < -0.3 is 0 Å². The summed E-state index contributed by atoms with van der Waals surface area (Å²) >= 11 is 0. The van der Waals surface area contributed by atoms with Crippen molar-refractivity contribution >= 4 is 10.9 Å². The second-order valence-electron chi connectivity index (χ2n) is 8.80. The number of rotatable bonds is 3. The van der Waals surface area contributed by atoms with Gasteiger partial charge >= 0.3 is 0 Å². The van der Waals surface area contributed by atoms with Crippen molar-refractivity contribution in [3.63, 3.8) is 0 Å². The van der Waals surface area contributed by atoms with Crippen LogP contribution in [0.25, 0.3) is 66.7 Å². The first-order chi connectivity index (χ1) is 16.9. The van der Waals surface area contributed by atoms with Crippen LogP contribution in [0.3, 0.4) is 0 Å². The van der Waals surface area contributed by atoms with Crippen molar-refractivity contribution in [2.24, 2.45) is 0 Å². The van der Waals surface area contributed by atoms with E-state index in [-0.39, 0.29) is 0 Å². The molecule has 0 N–H and O–H groups in total. The molecule has 0 saturated heterocycles. The van der Waals surface area contributed by atoms with Gasteiger partial charge in [0.1, 0.15) is 0 Å². The molecule has 7 rings (SSSR count). The maximum atomic E-state index is 5.05. The molecule has 0 radical (unpaired) electrons. The maximum absolute atomic E-state index is 5.05. The Morgan fingerprint density at radius 3 is 1.47 bits per heavy atom. The number of nitrogens with zero attached hydrogens (tertiary/aromatic N) is 1. The van der Waals surface area contributed by atoms with Gasteiger partial charge in [-0.25, -0.2) is 4.98 Å². The lowest BCUT2D eigenvalue weighted by Gasteiger charge is -2.14. The molecule has 1 heterocycles. The first-order valence-electron chi connectivity index (χ1n) is 11.7. The van der Waals surface area contributed by atoms with Crippen LogP contribution in [0.1, 0.15) is 0 Å². The van der Waals surface area contributed by atoms with Crippen molar-refractivity contribution in [2.45, 2.75) is 0 Å². The Kier molecular flexibility index (Phi) is 4.22. The zero-order valence-electron chi connectivity index (χ0n) is 18.6. The lowest BCUT2D eigenvalue weighted by Crippen LogP contribution is -1.89.